The van der Waals surface area contributed by atoms with E-state index in [4.69, 9.17) is 31.1 Å². The fraction of sp³-hybridized carbons (Fsp3) is 0.261. The Labute approximate surface area is 208 Å². The van der Waals surface area contributed by atoms with Crippen LogP contribution in [0.2, 0.25) is 5.02 Å². The van der Waals surface area contributed by atoms with Gasteiger partial charge in [0.1, 0.15) is 30.5 Å². The van der Waals surface area contributed by atoms with Crippen molar-refractivity contribution >= 4 is 11.6 Å². The summed E-state index contributed by atoms with van der Waals surface area (Å²) in [7, 11) is 1.46. The van der Waals surface area contributed by atoms with Gasteiger partial charge in [-0.3, -0.25) is 9.36 Å². The molecule has 10 nitrogen and oxygen atoms in total. The van der Waals surface area contributed by atoms with Crippen LogP contribution >= 0.6 is 11.6 Å². The molecule has 0 saturated heterocycles. The van der Waals surface area contributed by atoms with Crippen molar-refractivity contribution in [2.24, 2.45) is 0 Å². The summed E-state index contributed by atoms with van der Waals surface area (Å²) in [5, 5.41) is 31.2. The van der Waals surface area contributed by atoms with Crippen LogP contribution in [0.25, 0.3) is 0 Å². The highest BCUT2D eigenvalue weighted by Crippen LogP contribution is 2.33. The highest BCUT2D eigenvalue weighted by molar-refractivity contribution is 6.30. The molecule has 0 aliphatic rings. The first-order valence-corrected chi connectivity index (χ1v) is 10.6. The van der Waals surface area contributed by atoms with Crippen LogP contribution in [-0.2, 0) is 17.2 Å². The van der Waals surface area contributed by atoms with E-state index in [-0.39, 0.29) is 46.6 Å². The summed E-state index contributed by atoms with van der Waals surface area (Å²) in [6.45, 7) is 0.440. The average Bonchev–Trinajstić information content (AvgIpc) is 2.82. The second-order valence-electron chi connectivity index (χ2n) is 7.45. The maximum absolute atomic E-state index is 14.2. The maximum atomic E-state index is 14.2. The fourth-order valence-electron chi connectivity index (χ4n) is 3.08. The summed E-state index contributed by atoms with van der Waals surface area (Å²) in [6, 6.07) is 8.73. The molecule has 0 saturated carbocycles. The van der Waals surface area contributed by atoms with Gasteiger partial charge in [0, 0.05) is 25.1 Å². The summed E-state index contributed by atoms with van der Waals surface area (Å²) < 4.78 is 45.4. The Morgan fingerprint density at radius 1 is 1.22 bits per heavy atom. The Bertz CT molecular complexity index is 1430. The van der Waals surface area contributed by atoms with Crippen molar-refractivity contribution in [2.45, 2.75) is 19.4 Å². The standard InChI is InChI=1S/C23H18ClF2N5O5/c1-23(25,26)21-20(36-18-6-14(9-27)5-16(24)8-18)22(32)30(13-29-21)11-17-7-15(10-28)19(12-31(17)33)35-4-3-34-2/h5-8,12-13H,3-4,11H2,1-2H3. The van der Waals surface area contributed by atoms with Gasteiger partial charge in [-0.25, -0.2) is 4.98 Å². The molecule has 36 heavy (non-hydrogen) atoms. The number of nitrogens with zero attached hydrogens (tertiary/aromatic N) is 5. The smallest absolute Gasteiger partial charge is 0.297 e. The number of rotatable bonds is 9. The average molecular weight is 518 g/mol. The topological polar surface area (TPSA) is 137 Å². The zero-order valence-corrected chi connectivity index (χ0v) is 19.8. The molecule has 3 aromatic rings. The monoisotopic (exact) mass is 517 g/mol. The van der Waals surface area contributed by atoms with Crippen molar-refractivity contribution < 1.29 is 27.7 Å². The summed E-state index contributed by atoms with van der Waals surface area (Å²) in [6.07, 6.45) is 1.86. The summed E-state index contributed by atoms with van der Waals surface area (Å²) in [5.41, 5.74) is -1.94. The molecule has 3 rings (SSSR count). The zero-order valence-electron chi connectivity index (χ0n) is 19.0. The van der Waals surface area contributed by atoms with Crippen molar-refractivity contribution in [1.29, 1.82) is 10.5 Å². The largest absolute Gasteiger partial charge is 0.618 e. The SMILES string of the molecule is COCCOc1c[n+]([O-])c(Cn2cnc(C(C)(F)F)c(Oc3cc(Cl)cc(C#N)c3)c2=O)cc1C#N. The van der Waals surface area contributed by atoms with Crippen LogP contribution in [0.4, 0.5) is 8.78 Å². The molecule has 0 spiro atoms. The molecule has 0 aliphatic carbocycles. The predicted octanol–water partition coefficient (Wildman–Crippen LogP) is 3.25. The molecule has 2 heterocycles. The minimum Gasteiger partial charge on any atom is -0.618 e. The van der Waals surface area contributed by atoms with E-state index in [0.29, 0.717) is 11.7 Å². The molecule has 0 bridgehead atoms. The third-order valence-electron chi connectivity index (χ3n) is 4.72. The Kier molecular flexibility index (Phi) is 8.04. The van der Waals surface area contributed by atoms with Crippen molar-refractivity contribution in [2.75, 3.05) is 20.3 Å². The number of pyridine rings is 1. The number of ether oxygens (including phenoxy) is 3. The lowest BCUT2D eigenvalue weighted by atomic mass is 10.2. The number of benzene rings is 1. The Hall–Kier alpha value is -4.26. The van der Waals surface area contributed by atoms with E-state index in [0.717, 1.165) is 17.1 Å². The van der Waals surface area contributed by atoms with Crippen molar-refractivity contribution in [1.82, 2.24) is 9.55 Å². The third kappa shape index (κ3) is 6.05. The summed E-state index contributed by atoms with van der Waals surface area (Å²) >= 11 is 5.94. The van der Waals surface area contributed by atoms with Gasteiger partial charge < -0.3 is 19.4 Å². The van der Waals surface area contributed by atoms with Crippen LogP contribution in [0, 0.1) is 27.9 Å². The van der Waals surface area contributed by atoms with Gasteiger partial charge in [-0.05, 0) is 18.2 Å². The maximum Gasteiger partial charge on any atom is 0.297 e. The lowest BCUT2D eigenvalue weighted by Gasteiger charge is -2.17. The Morgan fingerprint density at radius 3 is 2.61 bits per heavy atom. The number of halogens is 3. The Morgan fingerprint density at radius 2 is 1.97 bits per heavy atom. The van der Waals surface area contributed by atoms with E-state index >= 15 is 0 Å². The first kappa shape index (κ1) is 26.3. The van der Waals surface area contributed by atoms with Crippen LogP contribution < -0.4 is 19.8 Å². The van der Waals surface area contributed by atoms with Gasteiger partial charge in [-0.2, -0.15) is 24.0 Å². The van der Waals surface area contributed by atoms with E-state index in [1.807, 2.05) is 12.1 Å². The molecule has 13 heteroatoms. The lowest BCUT2D eigenvalue weighted by Crippen LogP contribution is -2.36. The lowest BCUT2D eigenvalue weighted by molar-refractivity contribution is -0.614. The number of alkyl halides is 2. The zero-order chi connectivity index (χ0) is 26.5. The van der Waals surface area contributed by atoms with Crippen LogP contribution in [0.3, 0.4) is 0 Å². The van der Waals surface area contributed by atoms with E-state index < -0.39 is 29.5 Å². The summed E-state index contributed by atoms with van der Waals surface area (Å²) in [5.74, 6) is -4.49. The number of nitriles is 2. The molecule has 0 radical (unpaired) electrons. The molecule has 0 unspecified atom stereocenters. The molecule has 0 atom stereocenters. The fourth-order valence-corrected chi connectivity index (χ4v) is 3.30. The van der Waals surface area contributed by atoms with Crippen LogP contribution in [-0.4, -0.2) is 29.9 Å². The molecule has 0 amide bonds. The van der Waals surface area contributed by atoms with Crippen LogP contribution in [0.1, 0.15) is 29.4 Å². The minimum absolute atomic E-state index is 0.0121. The number of aromatic nitrogens is 3. The Balaban J connectivity index is 2.04. The molecule has 0 N–H and O–H groups in total. The second kappa shape index (κ2) is 11.0. The van der Waals surface area contributed by atoms with Gasteiger partial charge in [0.2, 0.25) is 23.4 Å². The highest BCUT2D eigenvalue weighted by Gasteiger charge is 2.34. The van der Waals surface area contributed by atoms with E-state index in [1.165, 1.54) is 31.4 Å². The quantitative estimate of drug-likeness (QED) is 0.239. The summed E-state index contributed by atoms with van der Waals surface area (Å²) in [4.78, 5) is 16.8. The predicted molar refractivity (Wildman–Crippen MR) is 121 cm³/mol. The molecular weight excluding hydrogens is 500 g/mol. The molecule has 0 aliphatic heterocycles. The van der Waals surface area contributed by atoms with Crippen LogP contribution in [0.15, 0.2) is 41.6 Å². The highest BCUT2D eigenvalue weighted by atomic mass is 35.5. The minimum atomic E-state index is -3.56. The van der Waals surface area contributed by atoms with Gasteiger partial charge in [0.15, 0.2) is 5.69 Å². The second-order valence-corrected chi connectivity index (χ2v) is 7.89. The number of hydrogen-bond donors (Lipinski definition) is 0. The van der Waals surface area contributed by atoms with E-state index in [9.17, 15) is 24.0 Å². The van der Waals surface area contributed by atoms with Crippen LogP contribution in [0.5, 0.6) is 17.2 Å². The first-order chi connectivity index (χ1) is 17.1. The van der Waals surface area contributed by atoms with Gasteiger partial charge in [-0.15, -0.1) is 0 Å². The third-order valence-corrected chi connectivity index (χ3v) is 4.94. The number of methoxy groups -OCH3 is 1. The molecule has 186 valence electrons. The van der Waals surface area contributed by atoms with Gasteiger partial charge in [0.05, 0.1) is 24.6 Å². The number of hydrogen-bond acceptors (Lipinski definition) is 8. The van der Waals surface area contributed by atoms with Gasteiger partial charge in [-0.1, -0.05) is 11.6 Å². The van der Waals surface area contributed by atoms with Crippen molar-refractivity contribution in [3.8, 4) is 29.4 Å². The normalized spacial score (nSPS) is 11.0. The van der Waals surface area contributed by atoms with Crippen molar-refractivity contribution in [3.63, 3.8) is 0 Å². The van der Waals surface area contributed by atoms with Gasteiger partial charge in [0.25, 0.3) is 11.5 Å². The molecule has 0 fully saturated rings. The van der Waals surface area contributed by atoms with Crippen molar-refractivity contribution in [3.05, 3.63) is 79.9 Å². The molecule has 2 aromatic heterocycles. The van der Waals surface area contributed by atoms with E-state index in [2.05, 4.69) is 4.98 Å². The first-order valence-electron chi connectivity index (χ1n) is 10.2. The molecular formula is C23H18ClF2N5O5. The molecule has 1 aromatic carbocycles. The van der Waals surface area contributed by atoms with E-state index in [1.54, 1.807) is 0 Å². The van der Waals surface area contributed by atoms with Gasteiger partial charge >= 0.3 is 0 Å².